The van der Waals surface area contributed by atoms with Crippen molar-refractivity contribution in [3.63, 3.8) is 0 Å². The highest BCUT2D eigenvalue weighted by molar-refractivity contribution is 6.35. The van der Waals surface area contributed by atoms with Crippen LogP contribution in [0.1, 0.15) is 12.0 Å². The fraction of sp³-hybridized carbons (Fsp3) is 0.278. The zero-order chi connectivity index (χ0) is 17.6. The molecule has 25 heavy (non-hydrogen) atoms. The first-order valence-corrected chi connectivity index (χ1v) is 8.79. The first-order valence-electron chi connectivity index (χ1n) is 8.03. The Morgan fingerprint density at radius 3 is 2.72 bits per heavy atom. The lowest BCUT2D eigenvalue weighted by molar-refractivity contribution is 0.283. The van der Waals surface area contributed by atoms with Crippen molar-refractivity contribution in [3.8, 4) is 5.75 Å². The number of ether oxygens (including phenoxy) is 1. The molecule has 7 heteroatoms. The molecule has 0 spiro atoms. The Morgan fingerprint density at radius 2 is 2.00 bits per heavy atom. The Hall–Kier alpha value is -1.95. The molecule has 0 radical (unpaired) electrons. The zero-order valence-corrected chi connectivity index (χ0v) is 15.2. The van der Waals surface area contributed by atoms with Gasteiger partial charge in [0.15, 0.2) is 0 Å². The van der Waals surface area contributed by atoms with Crippen molar-refractivity contribution in [2.45, 2.75) is 19.6 Å². The molecular weight excluding hydrogens is 361 g/mol. The third kappa shape index (κ3) is 2.63. The number of aliphatic hydroxyl groups is 1. The second kappa shape index (κ2) is 6.41. The predicted octanol–water partition coefficient (Wildman–Crippen LogP) is 4.39. The minimum atomic E-state index is -0.0535. The Balaban J connectivity index is 1.91. The molecular formula is C18H17Cl2N3O2. The molecule has 2 heterocycles. The van der Waals surface area contributed by atoms with Gasteiger partial charge in [-0.25, -0.2) is 4.98 Å². The molecule has 1 N–H and O–H groups in total. The van der Waals surface area contributed by atoms with Crippen LogP contribution in [0.5, 0.6) is 5.75 Å². The summed E-state index contributed by atoms with van der Waals surface area (Å²) in [7, 11) is 1.62. The van der Waals surface area contributed by atoms with Crippen LogP contribution in [0.25, 0.3) is 11.0 Å². The van der Waals surface area contributed by atoms with Crippen LogP contribution in [-0.4, -0.2) is 28.3 Å². The fourth-order valence-electron chi connectivity index (χ4n) is 3.36. The number of methoxy groups -OCH3 is 1. The maximum absolute atomic E-state index is 9.70. The molecule has 3 aromatic rings. The average Bonchev–Trinajstić information content (AvgIpc) is 3.03. The maximum Gasteiger partial charge on any atom is 0.211 e. The van der Waals surface area contributed by atoms with Gasteiger partial charge in [-0.3, -0.25) is 0 Å². The summed E-state index contributed by atoms with van der Waals surface area (Å²) in [4.78, 5) is 6.84. The monoisotopic (exact) mass is 377 g/mol. The molecule has 0 saturated carbocycles. The zero-order valence-electron chi connectivity index (χ0n) is 13.7. The summed E-state index contributed by atoms with van der Waals surface area (Å²) in [5, 5.41) is 10.9. The lowest BCUT2D eigenvalue weighted by Crippen LogP contribution is -2.28. The smallest absolute Gasteiger partial charge is 0.211 e. The van der Waals surface area contributed by atoms with Crippen LogP contribution >= 0.6 is 23.2 Å². The number of rotatable bonds is 3. The minimum absolute atomic E-state index is 0.0535. The van der Waals surface area contributed by atoms with Crippen LogP contribution < -0.4 is 9.64 Å². The van der Waals surface area contributed by atoms with Gasteiger partial charge >= 0.3 is 0 Å². The van der Waals surface area contributed by atoms with Crippen LogP contribution in [0.3, 0.4) is 0 Å². The summed E-state index contributed by atoms with van der Waals surface area (Å²) in [5.74, 6) is 1.50. The summed E-state index contributed by atoms with van der Waals surface area (Å²) >= 11 is 12.8. The number of benzene rings is 2. The molecule has 1 aliphatic rings. The van der Waals surface area contributed by atoms with Gasteiger partial charge in [-0.2, -0.15) is 0 Å². The number of anilines is 2. The first kappa shape index (κ1) is 16.5. The molecule has 0 saturated heterocycles. The molecule has 0 bridgehead atoms. The predicted molar refractivity (Wildman–Crippen MR) is 100 cm³/mol. The SMILES string of the molecule is COc1ccc(N2CCCn3c2nc2c(Cl)ccc(CO)c23)c(Cl)c1. The summed E-state index contributed by atoms with van der Waals surface area (Å²) in [5.41, 5.74) is 3.29. The van der Waals surface area contributed by atoms with Crippen molar-refractivity contribution in [2.75, 3.05) is 18.6 Å². The van der Waals surface area contributed by atoms with Crippen LogP contribution in [0.15, 0.2) is 30.3 Å². The summed E-state index contributed by atoms with van der Waals surface area (Å²) in [6.07, 6.45) is 0.943. The van der Waals surface area contributed by atoms with E-state index in [0.29, 0.717) is 21.3 Å². The van der Waals surface area contributed by atoms with Gasteiger partial charge in [-0.15, -0.1) is 0 Å². The fourth-order valence-corrected chi connectivity index (χ4v) is 3.83. The van der Waals surface area contributed by atoms with E-state index >= 15 is 0 Å². The molecule has 2 aromatic carbocycles. The summed E-state index contributed by atoms with van der Waals surface area (Å²) in [6.45, 7) is 1.58. The molecule has 4 rings (SSSR count). The summed E-state index contributed by atoms with van der Waals surface area (Å²) in [6, 6.07) is 9.24. The maximum atomic E-state index is 9.70. The van der Waals surface area contributed by atoms with Crippen LogP contribution in [-0.2, 0) is 13.2 Å². The number of imidazole rings is 1. The van der Waals surface area contributed by atoms with Crippen molar-refractivity contribution < 1.29 is 9.84 Å². The van der Waals surface area contributed by atoms with Crippen molar-refractivity contribution in [1.29, 1.82) is 0 Å². The molecule has 0 aliphatic carbocycles. The quantitative estimate of drug-likeness (QED) is 0.735. The van der Waals surface area contributed by atoms with Crippen molar-refractivity contribution in [3.05, 3.63) is 45.9 Å². The number of hydrogen-bond acceptors (Lipinski definition) is 4. The molecule has 0 atom stereocenters. The van der Waals surface area contributed by atoms with Gasteiger partial charge in [0.2, 0.25) is 5.95 Å². The molecule has 0 unspecified atom stereocenters. The number of halogens is 2. The van der Waals surface area contributed by atoms with E-state index in [1.807, 2.05) is 18.2 Å². The number of hydrogen-bond donors (Lipinski definition) is 1. The van der Waals surface area contributed by atoms with Crippen LogP contribution in [0, 0.1) is 0 Å². The van der Waals surface area contributed by atoms with E-state index < -0.39 is 0 Å². The number of fused-ring (bicyclic) bond motifs is 3. The van der Waals surface area contributed by atoms with E-state index in [4.69, 9.17) is 32.9 Å². The lowest BCUT2D eigenvalue weighted by Gasteiger charge is -2.30. The van der Waals surface area contributed by atoms with E-state index in [-0.39, 0.29) is 6.61 Å². The third-order valence-corrected chi connectivity index (χ3v) is 5.14. The molecule has 5 nitrogen and oxygen atoms in total. The molecule has 130 valence electrons. The van der Waals surface area contributed by atoms with Crippen molar-refractivity contribution in [1.82, 2.24) is 9.55 Å². The minimum Gasteiger partial charge on any atom is -0.497 e. The van der Waals surface area contributed by atoms with Crippen molar-refractivity contribution >= 4 is 45.9 Å². The highest BCUT2D eigenvalue weighted by atomic mass is 35.5. The second-order valence-corrected chi connectivity index (χ2v) is 6.76. The highest BCUT2D eigenvalue weighted by Gasteiger charge is 2.26. The van der Waals surface area contributed by atoms with E-state index in [0.717, 1.165) is 42.2 Å². The van der Waals surface area contributed by atoms with Gasteiger partial charge in [-0.1, -0.05) is 29.3 Å². The Bertz CT molecular complexity index is 955. The molecule has 0 amide bonds. The van der Waals surface area contributed by atoms with Crippen molar-refractivity contribution in [2.24, 2.45) is 0 Å². The van der Waals surface area contributed by atoms with Gasteiger partial charge in [0.25, 0.3) is 0 Å². The Labute approximate surface area is 155 Å². The van der Waals surface area contributed by atoms with E-state index in [2.05, 4.69) is 9.47 Å². The second-order valence-electron chi connectivity index (χ2n) is 5.95. The Morgan fingerprint density at radius 1 is 1.16 bits per heavy atom. The van der Waals surface area contributed by atoms with Gasteiger partial charge in [0.05, 0.1) is 35.0 Å². The summed E-state index contributed by atoms with van der Waals surface area (Å²) < 4.78 is 7.34. The average molecular weight is 378 g/mol. The number of aryl methyl sites for hydroxylation is 1. The van der Waals surface area contributed by atoms with Crippen LogP contribution in [0.4, 0.5) is 11.6 Å². The molecule has 1 aliphatic heterocycles. The number of nitrogens with zero attached hydrogens (tertiary/aromatic N) is 3. The lowest BCUT2D eigenvalue weighted by atomic mass is 10.2. The number of aliphatic hydroxyl groups excluding tert-OH is 1. The largest absolute Gasteiger partial charge is 0.497 e. The van der Waals surface area contributed by atoms with E-state index in [1.165, 1.54) is 0 Å². The Kier molecular flexibility index (Phi) is 4.23. The van der Waals surface area contributed by atoms with Gasteiger partial charge in [0.1, 0.15) is 11.3 Å². The molecule has 1 aromatic heterocycles. The topological polar surface area (TPSA) is 50.5 Å². The van der Waals surface area contributed by atoms with Gasteiger partial charge in [-0.05, 0) is 24.6 Å². The standard InChI is InChI=1S/C18H17Cl2N3O2/c1-25-12-4-6-15(14(20)9-12)22-7-2-8-23-17-11(10-24)3-5-13(19)16(17)21-18(22)23/h3-6,9,24H,2,7-8,10H2,1H3. The molecule has 0 fully saturated rings. The normalized spacial score (nSPS) is 14.0. The van der Waals surface area contributed by atoms with E-state index in [9.17, 15) is 5.11 Å². The third-order valence-electron chi connectivity index (χ3n) is 4.53. The van der Waals surface area contributed by atoms with Gasteiger partial charge in [0, 0.05) is 24.7 Å². The van der Waals surface area contributed by atoms with E-state index in [1.54, 1.807) is 19.2 Å². The van der Waals surface area contributed by atoms with Crippen LogP contribution in [0.2, 0.25) is 10.0 Å². The highest BCUT2D eigenvalue weighted by Crippen LogP contribution is 2.39. The first-order chi connectivity index (χ1) is 12.1. The number of aromatic nitrogens is 2. The van der Waals surface area contributed by atoms with Gasteiger partial charge < -0.3 is 19.3 Å².